The molecular formula is C18H24OSn. The summed E-state index contributed by atoms with van der Waals surface area (Å²) in [7, 11) is 0. The Morgan fingerprint density at radius 2 is 1.55 bits per heavy atom. The van der Waals surface area contributed by atoms with Gasteiger partial charge in [0.25, 0.3) is 0 Å². The monoisotopic (exact) mass is 376 g/mol. The van der Waals surface area contributed by atoms with E-state index in [1.54, 1.807) is 0 Å². The zero-order chi connectivity index (χ0) is 14.4. The van der Waals surface area contributed by atoms with E-state index >= 15 is 0 Å². The molecule has 20 heavy (non-hydrogen) atoms. The Morgan fingerprint density at radius 3 is 2.25 bits per heavy atom. The molecule has 1 nitrogen and oxygen atoms in total. The van der Waals surface area contributed by atoms with Crippen LogP contribution in [0.25, 0.3) is 0 Å². The number of para-hydroxylation sites is 1. The van der Waals surface area contributed by atoms with E-state index in [1.807, 2.05) is 36.4 Å². The van der Waals surface area contributed by atoms with Gasteiger partial charge >= 0.3 is 127 Å². The quantitative estimate of drug-likeness (QED) is 0.585. The molecule has 2 heteroatoms. The zero-order valence-electron chi connectivity index (χ0n) is 12.7. The van der Waals surface area contributed by atoms with Crippen LogP contribution < -0.4 is 4.74 Å². The van der Waals surface area contributed by atoms with Crippen molar-refractivity contribution in [1.82, 2.24) is 0 Å². The molecule has 106 valence electrons. The second-order valence-electron chi connectivity index (χ2n) is 6.48. The van der Waals surface area contributed by atoms with E-state index in [-0.39, 0.29) is 0 Å². The van der Waals surface area contributed by atoms with Gasteiger partial charge in [-0.2, -0.15) is 0 Å². The predicted octanol–water partition coefficient (Wildman–Crippen LogP) is 5.75. The van der Waals surface area contributed by atoms with Crippen LogP contribution in [0.15, 0.2) is 54.6 Å². The number of rotatable bonds is 6. The van der Waals surface area contributed by atoms with Gasteiger partial charge in [-0.3, -0.25) is 0 Å². The van der Waals surface area contributed by atoms with E-state index in [1.165, 1.54) is 22.8 Å². The van der Waals surface area contributed by atoms with E-state index < -0.39 is 18.4 Å². The molecule has 0 radical (unpaired) electrons. The van der Waals surface area contributed by atoms with Crippen LogP contribution in [-0.2, 0) is 6.42 Å². The summed E-state index contributed by atoms with van der Waals surface area (Å²) < 4.78 is 7.34. The molecule has 0 heterocycles. The van der Waals surface area contributed by atoms with Crippen LogP contribution in [0.3, 0.4) is 0 Å². The molecule has 2 aromatic carbocycles. The Hall–Kier alpha value is -0.961. The van der Waals surface area contributed by atoms with Gasteiger partial charge in [0, 0.05) is 0 Å². The van der Waals surface area contributed by atoms with E-state index in [4.69, 9.17) is 4.74 Å². The Morgan fingerprint density at radius 1 is 0.850 bits per heavy atom. The van der Waals surface area contributed by atoms with E-state index in [0.717, 1.165) is 11.5 Å². The Kier molecular flexibility index (Phi) is 5.53. The summed E-state index contributed by atoms with van der Waals surface area (Å²) in [5.74, 6) is 1.84. The van der Waals surface area contributed by atoms with E-state index in [0.29, 0.717) is 0 Å². The minimum atomic E-state index is -1.60. The van der Waals surface area contributed by atoms with Crippen molar-refractivity contribution in [1.29, 1.82) is 0 Å². The fraction of sp³-hybridized carbons (Fsp3) is 0.333. The minimum absolute atomic E-state index is 0.899. The Bertz CT molecular complexity index is 529. The first-order valence-corrected chi connectivity index (χ1v) is 17.9. The molecular weight excluding hydrogens is 351 g/mol. The molecule has 0 aliphatic rings. The van der Waals surface area contributed by atoms with Crippen LogP contribution in [0, 0.1) is 0 Å². The molecule has 0 spiro atoms. The first-order valence-electron chi connectivity index (χ1n) is 7.35. The van der Waals surface area contributed by atoms with Crippen LogP contribution >= 0.6 is 0 Å². The van der Waals surface area contributed by atoms with Crippen molar-refractivity contribution >= 4 is 18.4 Å². The van der Waals surface area contributed by atoms with Gasteiger partial charge in [0.2, 0.25) is 0 Å². The van der Waals surface area contributed by atoms with Crippen molar-refractivity contribution in [3.63, 3.8) is 0 Å². The third-order valence-electron chi connectivity index (χ3n) is 3.27. The first kappa shape index (κ1) is 15.4. The second-order valence-corrected chi connectivity index (χ2v) is 22.5. The maximum atomic E-state index is 5.88. The molecule has 0 atom stereocenters. The van der Waals surface area contributed by atoms with Gasteiger partial charge in [0.1, 0.15) is 0 Å². The molecule has 0 N–H and O–H groups in total. The number of benzene rings is 2. The average Bonchev–Trinajstić information content (AvgIpc) is 2.39. The standard InChI is InChI=1S/C15H15O.3CH3.Sn/c1-2-7-13-8-6-11-15(12-13)16-14-9-4-3-5-10-14;;;;/h3-6,8-12H,1-2,7H2;3*1H3;. The van der Waals surface area contributed by atoms with E-state index in [9.17, 15) is 0 Å². The molecule has 2 rings (SSSR count). The number of ether oxygens (including phenoxy) is 1. The average molecular weight is 375 g/mol. The number of hydrogen-bond acceptors (Lipinski definition) is 1. The topological polar surface area (TPSA) is 9.23 Å². The van der Waals surface area contributed by atoms with Crippen molar-refractivity contribution in [3.05, 3.63) is 60.2 Å². The Balaban J connectivity index is 1.94. The summed E-state index contributed by atoms with van der Waals surface area (Å²) in [5.41, 5.74) is 1.38. The van der Waals surface area contributed by atoms with Gasteiger partial charge in [0.15, 0.2) is 0 Å². The molecule has 0 aliphatic heterocycles. The van der Waals surface area contributed by atoms with Crippen molar-refractivity contribution in [2.75, 3.05) is 0 Å². The maximum absolute atomic E-state index is 5.88. The van der Waals surface area contributed by atoms with Crippen LogP contribution in [0.5, 0.6) is 11.5 Å². The van der Waals surface area contributed by atoms with Gasteiger partial charge in [0.05, 0.1) is 0 Å². The van der Waals surface area contributed by atoms with Gasteiger partial charge in [-0.05, 0) is 0 Å². The van der Waals surface area contributed by atoms with Crippen LogP contribution in [0.2, 0.25) is 19.3 Å². The molecule has 0 bridgehead atoms. The van der Waals surface area contributed by atoms with Crippen molar-refractivity contribution in [2.45, 2.75) is 32.1 Å². The summed E-state index contributed by atoms with van der Waals surface area (Å²) in [5, 5.41) is 0. The van der Waals surface area contributed by atoms with Gasteiger partial charge < -0.3 is 0 Å². The molecule has 2 aromatic rings. The van der Waals surface area contributed by atoms with E-state index in [2.05, 4.69) is 33.0 Å². The summed E-state index contributed by atoms with van der Waals surface area (Å²) >= 11 is -1.60. The van der Waals surface area contributed by atoms with Crippen LogP contribution in [0.4, 0.5) is 0 Å². The predicted molar refractivity (Wildman–Crippen MR) is 89.4 cm³/mol. The fourth-order valence-corrected chi connectivity index (χ4v) is 5.74. The summed E-state index contributed by atoms with van der Waals surface area (Å²) in [6.45, 7) is 0. The summed E-state index contributed by atoms with van der Waals surface area (Å²) in [6.07, 6.45) is 2.48. The molecule has 0 fully saturated rings. The van der Waals surface area contributed by atoms with Crippen LogP contribution in [0.1, 0.15) is 12.0 Å². The second kappa shape index (κ2) is 7.16. The first-order chi connectivity index (χ1) is 9.53. The summed E-state index contributed by atoms with van der Waals surface area (Å²) in [6, 6.07) is 18.5. The molecule has 0 aromatic heterocycles. The van der Waals surface area contributed by atoms with Gasteiger partial charge in [-0.25, -0.2) is 0 Å². The fourth-order valence-electron chi connectivity index (χ4n) is 2.21. The van der Waals surface area contributed by atoms with Gasteiger partial charge in [-0.1, -0.05) is 0 Å². The molecule has 0 unspecified atom stereocenters. The van der Waals surface area contributed by atoms with Gasteiger partial charge in [-0.15, -0.1) is 0 Å². The Labute approximate surface area is 126 Å². The number of aryl methyl sites for hydroxylation is 1. The zero-order valence-corrected chi connectivity index (χ0v) is 15.6. The third kappa shape index (κ3) is 5.58. The third-order valence-corrected chi connectivity index (χ3v) is 8.56. The number of hydrogen-bond donors (Lipinski definition) is 0. The molecule has 0 aliphatic carbocycles. The van der Waals surface area contributed by atoms with Crippen molar-refractivity contribution in [3.8, 4) is 11.5 Å². The van der Waals surface area contributed by atoms with Crippen molar-refractivity contribution in [2.24, 2.45) is 0 Å². The normalized spacial score (nSPS) is 11.3. The summed E-state index contributed by atoms with van der Waals surface area (Å²) in [4.78, 5) is 7.51. The molecule has 0 saturated heterocycles. The SMILES string of the molecule is [CH3][Sn]([CH3])([CH3])[CH2]CCc1cccc(Oc2ccccc2)c1. The molecule has 0 amide bonds. The van der Waals surface area contributed by atoms with Crippen molar-refractivity contribution < 1.29 is 4.74 Å². The van der Waals surface area contributed by atoms with Crippen LogP contribution in [-0.4, -0.2) is 18.4 Å². The molecule has 0 saturated carbocycles.